The first-order valence-corrected chi connectivity index (χ1v) is 15.8. The van der Waals surface area contributed by atoms with Gasteiger partial charge in [0.05, 0.1) is 19.1 Å². The van der Waals surface area contributed by atoms with Crippen LogP contribution in [0.1, 0.15) is 44.2 Å². The number of benzene rings is 3. The highest BCUT2D eigenvalue weighted by atomic mass is 32.2. The van der Waals surface area contributed by atoms with Crippen molar-refractivity contribution in [1.82, 2.24) is 10.2 Å². The number of hydrogen-bond acceptors (Lipinski definition) is 5. The first-order chi connectivity index (χ1) is 19.6. The van der Waals surface area contributed by atoms with Gasteiger partial charge in [-0.25, -0.2) is 8.42 Å². The van der Waals surface area contributed by atoms with Crippen molar-refractivity contribution in [3.63, 3.8) is 0 Å². The highest BCUT2D eigenvalue weighted by Gasteiger charge is 2.31. The number of sulfonamides is 1. The van der Waals surface area contributed by atoms with E-state index in [-0.39, 0.29) is 43.8 Å². The number of ether oxygens (including phenoxy) is 1. The maximum Gasteiger partial charge on any atom is 0.243 e. The van der Waals surface area contributed by atoms with Crippen molar-refractivity contribution in [2.75, 3.05) is 24.2 Å². The van der Waals surface area contributed by atoms with E-state index in [4.69, 9.17) is 4.74 Å². The quantitative estimate of drug-likeness (QED) is 0.279. The number of methoxy groups -OCH3 is 1. The number of para-hydroxylation sites is 2. The monoisotopic (exact) mass is 579 g/mol. The Balaban J connectivity index is 1.88. The molecule has 3 aromatic rings. The Morgan fingerprint density at radius 1 is 0.902 bits per heavy atom. The summed E-state index contributed by atoms with van der Waals surface area (Å²) >= 11 is 0. The van der Waals surface area contributed by atoms with Crippen molar-refractivity contribution in [1.29, 1.82) is 0 Å². The highest BCUT2D eigenvalue weighted by molar-refractivity contribution is 7.92. The second-order valence-electron chi connectivity index (χ2n) is 10.1. The molecule has 2 amide bonds. The topological polar surface area (TPSA) is 96.0 Å². The Kier molecular flexibility index (Phi) is 11.8. The number of rotatable bonds is 15. The molecule has 0 saturated carbocycles. The third-order valence-electron chi connectivity index (χ3n) is 6.97. The maximum absolute atomic E-state index is 13.9. The minimum Gasteiger partial charge on any atom is -0.495 e. The van der Waals surface area contributed by atoms with E-state index < -0.39 is 16.1 Å². The van der Waals surface area contributed by atoms with Gasteiger partial charge in [0.2, 0.25) is 21.8 Å². The number of nitrogens with zero attached hydrogens (tertiary/aromatic N) is 2. The van der Waals surface area contributed by atoms with Crippen molar-refractivity contribution in [2.45, 2.75) is 58.2 Å². The molecule has 0 heterocycles. The average molecular weight is 580 g/mol. The lowest BCUT2D eigenvalue weighted by Crippen LogP contribution is -2.52. The fourth-order valence-corrected chi connectivity index (χ4v) is 5.56. The van der Waals surface area contributed by atoms with Crippen LogP contribution in [0.2, 0.25) is 0 Å². The Morgan fingerprint density at radius 2 is 1.49 bits per heavy atom. The van der Waals surface area contributed by atoms with Gasteiger partial charge in [-0.2, -0.15) is 0 Å². The van der Waals surface area contributed by atoms with Crippen molar-refractivity contribution in [3.8, 4) is 5.75 Å². The molecule has 0 aliphatic carbocycles. The second kappa shape index (κ2) is 15.2. The van der Waals surface area contributed by atoms with Gasteiger partial charge in [-0.15, -0.1) is 0 Å². The third-order valence-corrected chi connectivity index (χ3v) is 8.15. The smallest absolute Gasteiger partial charge is 0.243 e. The zero-order chi connectivity index (χ0) is 29.8. The van der Waals surface area contributed by atoms with Gasteiger partial charge >= 0.3 is 0 Å². The number of hydrogen-bond donors (Lipinski definition) is 1. The average Bonchev–Trinajstić information content (AvgIpc) is 2.97. The van der Waals surface area contributed by atoms with Gasteiger partial charge in [0.15, 0.2) is 0 Å². The molecule has 3 aromatic carbocycles. The standard InChI is InChI=1S/C32H41N3O5S/c1-5-25(2)33-32(37)29(23-26-15-8-6-9-16-26)34(24-27-17-10-7-11-18-27)31(36)21-14-22-35(41(4,38)39)28-19-12-13-20-30(28)40-3/h6-13,15-20,25,29H,5,14,21-24H2,1-4H3,(H,33,37)/t25-,29+/m1/s1. The summed E-state index contributed by atoms with van der Waals surface area (Å²) < 4.78 is 32.1. The molecule has 0 fully saturated rings. The molecule has 0 aliphatic heterocycles. The zero-order valence-corrected chi connectivity index (χ0v) is 25.1. The molecule has 1 N–H and O–H groups in total. The lowest BCUT2D eigenvalue weighted by molar-refractivity contribution is -0.141. The van der Waals surface area contributed by atoms with Crippen molar-refractivity contribution >= 4 is 27.5 Å². The van der Waals surface area contributed by atoms with Crippen LogP contribution in [0, 0.1) is 0 Å². The summed E-state index contributed by atoms with van der Waals surface area (Å²) in [6.07, 6.45) is 2.59. The van der Waals surface area contributed by atoms with E-state index in [2.05, 4.69) is 5.32 Å². The second-order valence-corrected chi connectivity index (χ2v) is 12.0. The molecular formula is C32H41N3O5S. The molecule has 0 aliphatic rings. The van der Waals surface area contributed by atoms with Crippen LogP contribution in [-0.4, -0.2) is 57.1 Å². The van der Waals surface area contributed by atoms with Gasteiger partial charge in [0.1, 0.15) is 11.8 Å². The van der Waals surface area contributed by atoms with E-state index in [0.29, 0.717) is 17.9 Å². The number of anilines is 1. The molecule has 0 saturated heterocycles. The molecule has 8 nitrogen and oxygen atoms in total. The minimum absolute atomic E-state index is 0.0429. The normalized spacial score (nSPS) is 12.7. The first kappa shape index (κ1) is 31.7. The lowest BCUT2D eigenvalue weighted by Gasteiger charge is -2.32. The fraction of sp³-hybridized carbons (Fsp3) is 0.375. The number of nitrogens with one attached hydrogen (secondary N) is 1. The predicted octanol–water partition coefficient (Wildman–Crippen LogP) is 4.80. The fourth-order valence-electron chi connectivity index (χ4n) is 4.59. The summed E-state index contributed by atoms with van der Waals surface area (Å²) in [6, 6.07) is 25.3. The SMILES string of the molecule is CC[C@@H](C)NC(=O)[C@H](Cc1ccccc1)N(Cc1ccccc1)C(=O)CCCN(c1ccccc1OC)S(C)(=O)=O. The molecule has 2 atom stereocenters. The summed E-state index contributed by atoms with van der Waals surface area (Å²) in [7, 11) is -2.15. The molecule has 0 radical (unpaired) electrons. The Labute approximate surface area is 244 Å². The summed E-state index contributed by atoms with van der Waals surface area (Å²) in [5, 5.41) is 3.07. The van der Waals surface area contributed by atoms with Crippen LogP contribution in [-0.2, 0) is 32.6 Å². The molecule has 0 bridgehead atoms. The van der Waals surface area contributed by atoms with Gasteiger partial charge in [-0.1, -0.05) is 79.7 Å². The first-order valence-electron chi connectivity index (χ1n) is 13.9. The van der Waals surface area contributed by atoms with E-state index >= 15 is 0 Å². The van der Waals surface area contributed by atoms with E-state index in [0.717, 1.165) is 23.8 Å². The van der Waals surface area contributed by atoms with Crippen LogP contribution in [0.5, 0.6) is 5.75 Å². The largest absolute Gasteiger partial charge is 0.495 e. The van der Waals surface area contributed by atoms with Crippen molar-refractivity contribution in [2.24, 2.45) is 0 Å². The summed E-state index contributed by atoms with van der Waals surface area (Å²) in [5.41, 5.74) is 2.27. The Morgan fingerprint density at radius 3 is 2.07 bits per heavy atom. The maximum atomic E-state index is 13.9. The minimum atomic E-state index is -3.64. The zero-order valence-electron chi connectivity index (χ0n) is 24.3. The van der Waals surface area contributed by atoms with Gasteiger partial charge in [0, 0.05) is 32.0 Å². The predicted molar refractivity (Wildman–Crippen MR) is 163 cm³/mol. The summed E-state index contributed by atoms with van der Waals surface area (Å²) in [5.74, 6) is 0.00132. The molecule has 0 aromatic heterocycles. The summed E-state index contributed by atoms with van der Waals surface area (Å²) in [4.78, 5) is 29.1. The Hall–Kier alpha value is -3.85. The van der Waals surface area contributed by atoms with Crippen molar-refractivity contribution < 1.29 is 22.7 Å². The molecule has 41 heavy (non-hydrogen) atoms. The molecule has 0 spiro atoms. The van der Waals surface area contributed by atoms with Gasteiger partial charge in [0.25, 0.3) is 0 Å². The third kappa shape index (κ3) is 9.35. The molecule has 220 valence electrons. The van der Waals surface area contributed by atoms with Crippen LogP contribution in [0.25, 0.3) is 0 Å². The summed E-state index contributed by atoms with van der Waals surface area (Å²) in [6.45, 7) is 4.29. The van der Waals surface area contributed by atoms with E-state index in [9.17, 15) is 18.0 Å². The molecule has 3 rings (SSSR count). The van der Waals surface area contributed by atoms with Crippen molar-refractivity contribution in [3.05, 3.63) is 96.1 Å². The van der Waals surface area contributed by atoms with Crippen LogP contribution in [0.3, 0.4) is 0 Å². The highest BCUT2D eigenvalue weighted by Crippen LogP contribution is 2.30. The molecular weight excluding hydrogens is 538 g/mol. The van der Waals surface area contributed by atoms with Gasteiger partial charge in [-0.05, 0) is 43.0 Å². The number of amides is 2. The van der Waals surface area contributed by atoms with E-state index in [1.54, 1.807) is 29.2 Å². The number of carbonyl (C=O) groups is 2. The number of carbonyl (C=O) groups excluding carboxylic acids is 2. The van der Waals surface area contributed by atoms with Gasteiger partial charge in [-0.3, -0.25) is 13.9 Å². The van der Waals surface area contributed by atoms with Gasteiger partial charge < -0.3 is 15.0 Å². The molecule has 9 heteroatoms. The van der Waals surface area contributed by atoms with Crippen LogP contribution >= 0.6 is 0 Å². The lowest BCUT2D eigenvalue weighted by atomic mass is 10.0. The van der Waals surface area contributed by atoms with E-state index in [1.807, 2.05) is 74.5 Å². The molecule has 0 unspecified atom stereocenters. The van der Waals surface area contributed by atoms with Crippen LogP contribution in [0.4, 0.5) is 5.69 Å². The van der Waals surface area contributed by atoms with Crippen LogP contribution in [0.15, 0.2) is 84.9 Å². The van der Waals surface area contributed by atoms with Crippen LogP contribution < -0.4 is 14.4 Å². The van der Waals surface area contributed by atoms with E-state index in [1.165, 1.54) is 11.4 Å². The Bertz CT molecular complexity index is 1370.